The van der Waals surface area contributed by atoms with E-state index in [1.165, 1.54) is 0 Å². The van der Waals surface area contributed by atoms with E-state index in [0.717, 1.165) is 18.2 Å². The van der Waals surface area contributed by atoms with Gasteiger partial charge in [0.2, 0.25) is 15.9 Å². The number of sulfonamides is 1. The van der Waals surface area contributed by atoms with Crippen LogP contribution in [0, 0.1) is 5.82 Å². The molecule has 0 bridgehead atoms. The van der Waals surface area contributed by atoms with Crippen molar-refractivity contribution in [1.29, 1.82) is 0 Å². The molecule has 0 unspecified atom stereocenters. The molecule has 0 aromatic heterocycles. The van der Waals surface area contributed by atoms with E-state index in [4.69, 9.17) is 9.88 Å². The smallest absolute Gasteiger partial charge is 0.238 e. The van der Waals surface area contributed by atoms with Crippen molar-refractivity contribution in [2.75, 3.05) is 18.5 Å². The average molecular weight is 304 g/mol. The molecule has 0 saturated heterocycles. The van der Waals surface area contributed by atoms with Crippen molar-refractivity contribution in [1.82, 2.24) is 0 Å². The summed E-state index contributed by atoms with van der Waals surface area (Å²) in [5, 5.41) is 7.24. The number of rotatable bonds is 7. The van der Waals surface area contributed by atoms with Crippen LogP contribution in [-0.2, 0) is 19.6 Å². The van der Waals surface area contributed by atoms with Crippen molar-refractivity contribution < 1.29 is 22.3 Å². The van der Waals surface area contributed by atoms with Crippen LogP contribution in [0.3, 0.4) is 0 Å². The maximum atomic E-state index is 13.6. The molecule has 112 valence electrons. The number of ether oxygens (including phenoxy) is 1. The van der Waals surface area contributed by atoms with E-state index in [9.17, 15) is 17.6 Å². The first-order valence-electron chi connectivity index (χ1n) is 6.04. The summed E-state index contributed by atoms with van der Waals surface area (Å²) < 4.78 is 40.8. The zero-order chi connectivity index (χ0) is 15.2. The van der Waals surface area contributed by atoms with Gasteiger partial charge in [0.1, 0.15) is 5.82 Å². The van der Waals surface area contributed by atoms with Gasteiger partial charge in [-0.1, -0.05) is 0 Å². The summed E-state index contributed by atoms with van der Waals surface area (Å²) >= 11 is 0. The Hall–Kier alpha value is -1.51. The summed E-state index contributed by atoms with van der Waals surface area (Å²) in [7, 11) is -3.96. The molecule has 6 nitrogen and oxygen atoms in total. The van der Waals surface area contributed by atoms with Gasteiger partial charge < -0.3 is 10.1 Å². The van der Waals surface area contributed by atoms with Gasteiger partial charge in [-0.15, -0.1) is 0 Å². The third kappa shape index (κ3) is 5.24. The Morgan fingerprint density at radius 2 is 2.15 bits per heavy atom. The molecule has 1 amide bonds. The molecule has 0 radical (unpaired) electrons. The number of carbonyl (C=O) groups is 1. The number of hydrogen-bond acceptors (Lipinski definition) is 4. The van der Waals surface area contributed by atoms with Crippen LogP contribution in [0.2, 0.25) is 0 Å². The molecule has 0 spiro atoms. The molecule has 3 N–H and O–H groups in total. The molecule has 0 saturated carbocycles. The van der Waals surface area contributed by atoms with Crippen molar-refractivity contribution in [3.8, 4) is 0 Å². The standard InChI is InChI=1S/C12H17FN2O4S/c1-2-19-7-3-4-12(16)15-11-6-5-9(8-10(11)13)20(14,17)18/h5-6,8H,2-4,7H2,1H3,(H,15,16)(H2,14,17,18). The predicted molar refractivity (Wildman–Crippen MR) is 72.1 cm³/mol. The number of hydrogen-bond donors (Lipinski definition) is 2. The number of anilines is 1. The van der Waals surface area contributed by atoms with Crippen LogP contribution >= 0.6 is 0 Å². The lowest BCUT2D eigenvalue weighted by molar-refractivity contribution is -0.116. The monoisotopic (exact) mass is 304 g/mol. The Bertz CT molecular complexity index is 575. The van der Waals surface area contributed by atoms with Gasteiger partial charge in [0.05, 0.1) is 10.6 Å². The number of carbonyl (C=O) groups excluding carboxylic acids is 1. The molecule has 0 heterocycles. The second-order valence-corrected chi connectivity index (χ2v) is 5.60. The summed E-state index contributed by atoms with van der Waals surface area (Å²) in [6, 6.07) is 3.06. The van der Waals surface area contributed by atoms with Crippen LogP contribution in [-0.4, -0.2) is 27.5 Å². The molecule has 1 aromatic rings. The van der Waals surface area contributed by atoms with Crippen molar-refractivity contribution >= 4 is 21.6 Å². The first kappa shape index (κ1) is 16.5. The summed E-state index contributed by atoms with van der Waals surface area (Å²) in [6.07, 6.45) is 0.715. The van der Waals surface area contributed by atoms with Crippen LogP contribution in [0.5, 0.6) is 0 Å². The highest BCUT2D eigenvalue weighted by Crippen LogP contribution is 2.18. The average Bonchev–Trinajstić information content (AvgIpc) is 2.36. The lowest BCUT2D eigenvalue weighted by Gasteiger charge is -2.07. The zero-order valence-corrected chi connectivity index (χ0v) is 11.9. The van der Waals surface area contributed by atoms with Crippen LogP contribution in [0.15, 0.2) is 23.1 Å². The third-order valence-corrected chi connectivity index (χ3v) is 3.35. The lowest BCUT2D eigenvalue weighted by atomic mass is 10.2. The highest BCUT2D eigenvalue weighted by molar-refractivity contribution is 7.89. The van der Waals surface area contributed by atoms with E-state index >= 15 is 0 Å². The van der Waals surface area contributed by atoms with Crippen LogP contribution in [0.4, 0.5) is 10.1 Å². The first-order chi connectivity index (χ1) is 9.34. The van der Waals surface area contributed by atoms with E-state index in [2.05, 4.69) is 5.32 Å². The second-order valence-electron chi connectivity index (χ2n) is 4.04. The van der Waals surface area contributed by atoms with Crippen LogP contribution in [0.25, 0.3) is 0 Å². The molecule has 8 heteroatoms. The van der Waals surface area contributed by atoms with Gasteiger partial charge >= 0.3 is 0 Å². The maximum absolute atomic E-state index is 13.6. The molecule has 20 heavy (non-hydrogen) atoms. The Morgan fingerprint density at radius 1 is 1.45 bits per heavy atom. The topological polar surface area (TPSA) is 98.5 Å². The maximum Gasteiger partial charge on any atom is 0.238 e. The second kappa shape index (κ2) is 7.32. The van der Waals surface area contributed by atoms with Crippen molar-refractivity contribution in [3.05, 3.63) is 24.0 Å². The number of nitrogens with two attached hydrogens (primary N) is 1. The summed E-state index contributed by atoms with van der Waals surface area (Å²) in [6.45, 7) is 2.88. The molecule has 0 aliphatic heterocycles. The Morgan fingerprint density at radius 3 is 2.70 bits per heavy atom. The molecule has 1 aromatic carbocycles. The van der Waals surface area contributed by atoms with E-state index in [1.807, 2.05) is 6.92 Å². The highest BCUT2D eigenvalue weighted by Gasteiger charge is 2.13. The minimum atomic E-state index is -3.96. The fourth-order valence-corrected chi connectivity index (χ4v) is 1.99. The van der Waals surface area contributed by atoms with Crippen molar-refractivity contribution in [3.63, 3.8) is 0 Å². The van der Waals surface area contributed by atoms with Crippen molar-refractivity contribution in [2.24, 2.45) is 5.14 Å². The van der Waals surface area contributed by atoms with Crippen molar-refractivity contribution in [2.45, 2.75) is 24.7 Å². The fraction of sp³-hybridized carbons (Fsp3) is 0.417. The lowest BCUT2D eigenvalue weighted by Crippen LogP contribution is -2.15. The minimum absolute atomic E-state index is 0.0844. The molecule has 0 fully saturated rings. The molecular weight excluding hydrogens is 287 g/mol. The largest absolute Gasteiger partial charge is 0.382 e. The molecule has 0 atom stereocenters. The van der Waals surface area contributed by atoms with E-state index in [0.29, 0.717) is 19.6 Å². The highest BCUT2D eigenvalue weighted by atomic mass is 32.2. The van der Waals surface area contributed by atoms with E-state index in [1.54, 1.807) is 0 Å². The van der Waals surface area contributed by atoms with Crippen LogP contribution < -0.4 is 10.5 Å². The summed E-state index contributed by atoms with van der Waals surface area (Å²) in [5.41, 5.74) is -0.0844. The zero-order valence-electron chi connectivity index (χ0n) is 11.1. The SMILES string of the molecule is CCOCCCC(=O)Nc1ccc(S(N)(=O)=O)cc1F. The quantitative estimate of drug-likeness (QED) is 0.740. The van der Waals surface area contributed by atoms with E-state index < -0.39 is 15.8 Å². The van der Waals surface area contributed by atoms with Gasteiger partial charge in [0.15, 0.2) is 0 Å². The van der Waals surface area contributed by atoms with Gasteiger partial charge in [-0.2, -0.15) is 0 Å². The Labute approximate surface area is 117 Å². The summed E-state index contributed by atoms with van der Waals surface area (Å²) in [4.78, 5) is 11.2. The molecule has 0 aliphatic carbocycles. The number of halogens is 1. The number of amides is 1. The molecule has 0 aliphatic rings. The van der Waals surface area contributed by atoms with Crippen LogP contribution in [0.1, 0.15) is 19.8 Å². The number of benzene rings is 1. The fourth-order valence-electron chi connectivity index (χ4n) is 1.47. The Balaban J connectivity index is 2.63. The first-order valence-corrected chi connectivity index (χ1v) is 7.59. The molecule has 1 rings (SSSR count). The number of nitrogens with one attached hydrogen (secondary N) is 1. The molecular formula is C12H17FN2O4S. The predicted octanol–water partition coefficient (Wildman–Crippen LogP) is 1.23. The third-order valence-electron chi connectivity index (χ3n) is 2.44. The Kier molecular flexibility index (Phi) is 6.05. The van der Waals surface area contributed by atoms with Gasteiger partial charge in [-0.05, 0) is 31.5 Å². The van der Waals surface area contributed by atoms with Gasteiger partial charge in [0, 0.05) is 19.6 Å². The van der Waals surface area contributed by atoms with Gasteiger partial charge in [0.25, 0.3) is 0 Å². The summed E-state index contributed by atoms with van der Waals surface area (Å²) in [5.74, 6) is -1.22. The van der Waals surface area contributed by atoms with Gasteiger partial charge in [-0.25, -0.2) is 17.9 Å². The van der Waals surface area contributed by atoms with E-state index in [-0.39, 0.29) is 22.9 Å². The minimum Gasteiger partial charge on any atom is -0.382 e. The number of primary sulfonamides is 1. The van der Waals surface area contributed by atoms with Gasteiger partial charge in [-0.3, -0.25) is 4.79 Å². The normalized spacial score (nSPS) is 11.3.